The normalized spacial score (nSPS) is 11.7. The SMILES string of the molecule is Cn1ccnc1CCS(=O)(=O)c1ccc(N)cc1Cl. The highest BCUT2D eigenvalue weighted by molar-refractivity contribution is 7.91. The molecule has 0 spiro atoms. The van der Waals surface area contributed by atoms with Crippen molar-refractivity contribution in [1.82, 2.24) is 9.55 Å². The van der Waals surface area contributed by atoms with Gasteiger partial charge >= 0.3 is 0 Å². The van der Waals surface area contributed by atoms with E-state index in [-0.39, 0.29) is 15.7 Å². The zero-order valence-corrected chi connectivity index (χ0v) is 11.9. The third-order valence-electron chi connectivity index (χ3n) is 2.81. The lowest BCUT2D eigenvalue weighted by molar-refractivity contribution is 0.594. The molecular weight excluding hydrogens is 286 g/mol. The van der Waals surface area contributed by atoms with Crippen LogP contribution in [0.1, 0.15) is 5.82 Å². The van der Waals surface area contributed by atoms with Crippen molar-refractivity contribution < 1.29 is 8.42 Å². The summed E-state index contributed by atoms with van der Waals surface area (Å²) in [6.45, 7) is 0. The summed E-state index contributed by atoms with van der Waals surface area (Å²) in [6, 6.07) is 4.40. The molecule has 1 aromatic heterocycles. The summed E-state index contributed by atoms with van der Waals surface area (Å²) in [5.74, 6) is 0.678. The standard InChI is InChI=1S/C12H14ClN3O2S/c1-16-6-5-15-12(16)4-7-19(17,18)11-3-2-9(14)8-10(11)13/h2-3,5-6,8H,4,7,14H2,1H3. The molecule has 0 bridgehead atoms. The molecule has 2 aromatic rings. The molecule has 0 aliphatic rings. The molecule has 0 saturated heterocycles. The first kappa shape index (κ1) is 13.9. The fourth-order valence-corrected chi connectivity index (χ4v) is 3.59. The van der Waals surface area contributed by atoms with Gasteiger partial charge in [-0.2, -0.15) is 0 Å². The number of nitrogens with two attached hydrogens (primary N) is 1. The van der Waals surface area contributed by atoms with E-state index in [1.54, 1.807) is 17.0 Å². The van der Waals surface area contributed by atoms with Crippen LogP contribution in [-0.4, -0.2) is 23.7 Å². The van der Waals surface area contributed by atoms with E-state index in [2.05, 4.69) is 4.98 Å². The second kappa shape index (κ2) is 5.22. The van der Waals surface area contributed by atoms with E-state index < -0.39 is 9.84 Å². The van der Waals surface area contributed by atoms with Crippen LogP contribution in [0, 0.1) is 0 Å². The summed E-state index contributed by atoms with van der Waals surface area (Å²) in [6.07, 6.45) is 3.75. The molecule has 2 rings (SSSR count). The topological polar surface area (TPSA) is 78.0 Å². The molecule has 0 aliphatic carbocycles. The molecule has 0 amide bonds. The maximum atomic E-state index is 12.2. The highest BCUT2D eigenvalue weighted by atomic mass is 35.5. The van der Waals surface area contributed by atoms with Gasteiger partial charge in [0.2, 0.25) is 0 Å². The Balaban J connectivity index is 2.21. The Morgan fingerprint density at radius 1 is 1.42 bits per heavy atom. The third kappa shape index (κ3) is 3.08. The molecule has 0 fully saturated rings. The Hall–Kier alpha value is -1.53. The van der Waals surface area contributed by atoms with Crippen molar-refractivity contribution in [3.05, 3.63) is 41.4 Å². The largest absolute Gasteiger partial charge is 0.399 e. The zero-order chi connectivity index (χ0) is 14.0. The van der Waals surface area contributed by atoms with E-state index in [0.717, 1.165) is 5.82 Å². The highest BCUT2D eigenvalue weighted by Gasteiger charge is 2.19. The molecule has 19 heavy (non-hydrogen) atoms. The maximum absolute atomic E-state index is 12.2. The molecular formula is C12H14ClN3O2S. The first-order valence-electron chi connectivity index (χ1n) is 5.64. The number of hydrogen-bond donors (Lipinski definition) is 1. The molecule has 102 valence electrons. The molecule has 0 unspecified atom stereocenters. The number of imidazole rings is 1. The average molecular weight is 300 g/mol. The fourth-order valence-electron chi connectivity index (χ4n) is 1.74. The second-order valence-electron chi connectivity index (χ2n) is 4.21. The molecule has 0 aliphatic heterocycles. The number of anilines is 1. The second-order valence-corrected chi connectivity index (χ2v) is 6.70. The Morgan fingerprint density at radius 2 is 2.16 bits per heavy atom. The molecule has 0 saturated carbocycles. The Bertz CT molecular complexity index is 695. The lowest BCUT2D eigenvalue weighted by Gasteiger charge is -2.07. The summed E-state index contributed by atoms with van der Waals surface area (Å²) in [4.78, 5) is 4.20. The highest BCUT2D eigenvalue weighted by Crippen LogP contribution is 2.25. The van der Waals surface area contributed by atoms with Gasteiger partial charge in [0.1, 0.15) is 5.82 Å². The minimum absolute atomic E-state index is 0.0402. The van der Waals surface area contributed by atoms with Gasteiger partial charge in [0.05, 0.1) is 15.7 Å². The van der Waals surface area contributed by atoms with Crippen molar-refractivity contribution >= 4 is 27.1 Å². The number of sulfone groups is 1. The van der Waals surface area contributed by atoms with E-state index in [0.29, 0.717) is 12.1 Å². The Morgan fingerprint density at radius 3 is 2.74 bits per heavy atom. The van der Waals surface area contributed by atoms with Crippen molar-refractivity contribution in [1.29, 1.82) is 0 Å². The van der Waals surface area contributed by atoms with Crippen molar-refractivity contribution in [2.45, 2.75) is 11.3 Å². The minimum atomic E-state index is -3.44. The number of aryl methyl sites for hydroxylation is 2. The predicted molar refractivity (Wildman–Crippen MR) is 74.8 cm³/mol. The summed E-state index contributed by atoms with van der Waals surface area (Å²) in [7, 11) is -1.62. The van der Waals surface area contributed by atoms with E-state index in [4.69, 9.17) is 17.3 Å². The fraction of sp³-hybridized carbons (Fsp3) is 0.250. The number of halogens is 1. The number of benzene rings is 1. The summed E-state index contributed by atoms with van der Waals surface area (Å²) < 4.78 is 26.2. The lowest BCUT2D eigenvalue weighted by atomic mass is 10.3. The van der Waals surface area contributed by atoms with Crippen LogP contribution in [0.2, 0.25) is 5.02 Å². The van der Waals surface area contributed by atoms with Crippen LogP contribution < -0.4 is 5.73 Å². The number of nitrogens with zero attached hydrogens (tertiary/aromatic N) is 2. The van der Waals surface area contributed by atoms with Crippen LogP contribution >= 0.6 is 11.6 Å². The van der Waals surface area contributed by atoms with E-state index in [1.807, 2.05) is 7.05 Å². The van der Waals surface area contributed by atoms with Crippen LogP contribution in [0.25, 0.3) is 0 Å². The van der Waals surface area contributed by atoms with Crippen LogP contribution in [0.5, 0.6) is 0 Å². The van der Waals surface area contributed by atoms with E-state index in [9.17, 15) is 8.42 Å². The van der Waals surface area contributed by atoms with Gasteiger partial charge in [-0.05, 0) is 18.2 Å². The van der Waals surface area contributed by atoms with Crippen LogP contribution in [0.3, 0.4) is 0 Å². The van der Waals surface area contributed by atoms with Gasteiger partial charge in [-0.15, -0.1) is 0 Å². The van der Waals surface area contributed by atoms with Gasteiger partial charge in [0, 0.05) is 31.5 Å². The third-order valence-corrected chi connectivity index (χ3v) is 5.00. The average Bonchev–Trinajstić information content (AvgIpc) is 2.72. The molecule has 2 N–H and O–H groups in total. The molecule has 5 nitrogen and oxygen atoms in total. The van der Waals surface area contributed by atoms with Crippen LogP contribution in [0.15, 0.2) is 35.5 Å². The Labute approximate surface area is 116 Å². The monoisotopic (exact) mass is 299 g/mol. The quantitative estimate of drug-likeness (QED) is 0.871. The first-order chi connectivity index (χ1) is 8.90. The minimum Gasteiger partial charge on any atom is -0.399 e. The van der Waals surface area contributed by atoms with Crippen LogP contribution in [0.4, 0.5) is 5.69 Å². The maximum Gasteiger partial charge on any atom is 0.180 e. The first-order valence-corrected chi connectivity index (χ1v) is 7.67. The van der Waals surface area contributed by atoms with Gasteiger partial charge in [0.25, 0.3) is 0 Å². The number of hydrogen-bond acceptors (Lipinski definition) is 4. The van der Waals surface area contributed by atoms with Crippen molar-refractivity contribution in [3.8, 4) is 0 Å². The zero-order valence-electron chi connectivity index (χ0n) is 10.4. The number of rotatable bonds is 4. The van der Waals surface area contributed by atoms with Crippen LogP contribution in [-0.2, 0) is 23.3 Å². The molecule has 1 aromatic carbocycles. The molecule has 7 heteroatoms. The molecule has 1 heterocycles. The molecule has 0 atom stereocenters. The van der Waals surface area contributed by atoms with E-state index >= 15 is 0 Å². The van der Waals surface area contributed by atoms with Crippen molar-refractivity contribution in [2.75, 3.05) is 11.5 Å². The van der Waals surface area contributed by atoms with Gasteiger partial charge in [0.15, 0.2) is 9.84 Å². The molecule has 0 radical (unpaired) electrons. The van der Waals surface area contributed by atoms with Crippen molar-refractivity contribution in [2.24, 2.45) is 7.05 Å². The van der Waals surface area contributed by atoms with Crippen molar-refractivity contribution in [3.63, 3.8) is 0 Å². The van der Waals surface area contributed by atoms with Gasteiger partial charge in [-0.3, -0.25) is 0 Å². The smallest absolute Gasteiger partial charge is 0.180 e. The van der Waals surface area contributed by atoms with E-state index in [1.165, 1.54) is 18.2 Å². The van der Waals surface area contributed by atoms with Gasteiger partial charge in [-0.1, -0.05) is 11.6 Å². The van der Waals surface area contributed by atoms with Gasteiger partial charge in [-0.25, -0.2) is 13.4 Å². The summed E-state index contributed by atoms with van der Waals surface area (Å²) in [5, 5.41) is 0.153. The van der Waals surface area contributed by atoms with Gasteiger partial charge < -0.3 is 10.3 Å². The predicted octanol–water partition coefficient (Wildman–Crippen LogP) is 1.67. The number of nitrogen functional groups attached to an aromatic ring is 1. The summed E-state index contributed by atoms with van der Waals surface area (Å²) in [5.41, 5.74) is 5.99. The summed E-state index contributed by atoms with van der Waals surface area (Å²) >= 11 is 5.93. The Kier molecular flexibility index (Phi) is 3.82. The number of aromatic nitrogens is 2. The lowest BCUT2D eigenvalue weighted by Crippen LogP contribution is -2.12.